The summed E-state index contributed by atoms with van der Waals surface area (Å²) in [5.74, 6) is -2.37. The van der Waals surface area contributed by atoms with Crippen molar-refractivity contribution in [3.63, 3.8) is 0 Å². The van der Waals surface area contributed by atoms with Crippen LogP contribution in [0.1, 0.15) is 101 Å². The second kappa shape index (κ2) is 21.3. The van der Waals surface area contributed by atoms with Crippen molar-refractivity contribution in [3.8, 4) is 0 Å². The Hall–Kier alpha value is -3.42. The Morgan fingerprint density at radius 3 is 1.98 bits per heavy atom. The van der Waals surface area contributed by atoms with Gasteiger partial charge in [-0.25, -0.2) is 4.79 Å². The zero-order valence-corrected chi connectivity index (χ0v) is 26.7. The minimum atomic E-state index is -1.01. The molecule has 14 heteroatoms. The third kappa shape index (κ3) is 13.0. The SMILES string of the molecule is CC.CC.CC(C)(C)OC(=O)NC1CCC1.CO.COCl.O=Nc1ccc2c(c1)C(=O)N(C1CCC(=O)NC1=O)C2=O. The number of carbonyl (C=O) groups is 5. The number of nitroso groups, excluding NO2 is 1. The molecule has 3 aliphatic rings. The number of carbonyl (C=O) groups excluding carboxylic acids is 5. The first kappa shape index (κ1) is 40.7. The molecule has 0 radical (unpaired) electrons. The zero-order chi connectivity index (χ0) is 33.0. The highest BCUT2D eigenvalue weighted by Gasteiger charge is 2.44. The first-order valence-corrected chi connectivity index (χ1v) is 14.0. The maximum atomic E-state index is 12.3. The number of aliphatic hydroxyl groups excluding tert-OH is 1. The minimum Gasteiger partial charge on any atom is -0.444 e. The third-order valence-corrected chi connectivity index (χ3v) is 5.35. The van der Waals surface area contributed by atoms with E-state index in [1.807, 2.05) is 48.5 Å². The van der Waals surface area contributed by atoms with Crippen LogP contribution >= 0.6 is 11.9 Å². The van der Waals surface area contributed by atoms with Gasteiger partial charge in [-0.15, -0.1) is 4.91 Å². The number of piperidine rings is 1. The Bertz CT molecular complexity index is 1040. The quantitative estimate of drug-likeness (QED) is 0.311. The maximum absolute atomic E-state index is 12.3. The van der Waals surface area contributed by atoms with E-state index in [0.29, 0.717) is 6.04 Å². The molecule has 0 bridgehead atoms. The Morgan fingerprint density at radius 1 is 1.02 bits per heavy atom. The molecule has 2 fully saturated rings. The lowest BCUT2D eigenvalue weighted by Crippen LogP contribution is -2.54. The second-order valence-corrected chi connectivity index (χ2v) is 9.51. The summed E-state index contributed by atoms with van der Waals surface area (Å²) in [6.45, 7) is 13.6. The Kier molecular flexibility index (Phi) is 20.7. The van der Waals surface area contributed by atoms with Gasteiger partial charge in [-0.3, -0.25) is 33.7 Å². The van der Waals surface area contributed by atoms with Crippen LogP contribution in [0.25, 0.3) is 0 Å². The number of rotatable bonds is 3. The van der Waals surface area contributed by atoms with Gasteiger partial charge in [-0.05, 0) is 69.8 Å². The fraction of sp³-hybridized carbons (Fsp3) is 0.607. The monoisotopic (exact) mass is 616 g/mol. The van der Waals surface area contributed by atoms with Crippen molar-refractivity contribution in [2.24, 2.45) is 5.18 Å². The van der Waals surface area contributed by atoms with Gasteiger partial charge >= 0.3 is 6.09 Å². The molecule has 0 spiro atoms. The number of hydrogen-bond donors (Lipinski definition) is 3. The molecule has 5 amide bonds. The highest BCUT2D eigenvalue weighted by Crippen LogP contribution is 2.30. The molecule has 238 valence electrons. The van der Waals surface area contributed by atoms with E-state index < -0.39 is 29.7 Å². The van der Waals surface area contributed by atoms with Crippen LogP contribution in [0.3, 0.4) is 0 Å². The van der Waals surface area contributed by atoms with E-state index in [2.05, 4.69) is 32.0 Å². The summed E-state index contributed by atoms with van der Waals surface area (Å²) >= 11 is 4.50. The second-order valence-electron chi connectivity index (χ2n) is 9.20. The number of fused-ring (bicyclic) bond motifs is 1. The van der Waals surface area contributed by atoms with Gasteiger partial charge in [0, 0.05) is 19.6 Å². The third-order valence-electron chi connectivity index (χ3n) is 5.35. The number of halogens is 1. The number of benzene rings is 1. The van der Waals surface area contributed by atoms with Gasteiger partial charge in [0.2, 0.25) is 11.8 Å². The fourth-order valence-electron chi connectivity index (χ4n) is 3.54. The molecule has 1 saturated heterocycles. The van der Waals surface area contributed by atoms with E-state index in [0.717, 1.165) is 24.9 Å². The van der Waals surface area contributed by atoms with Crippen molar-refractivity contribution in [2.75, 3.05) is 14.2 Å². The summed E-state index contributed by atoms with van der Waals surface area (Å²) in [6.07, 6.45) is 3.28. The van der Waals surface area contributed by atoms with Crippen molar-refractivity contribution in [1.29, 1.82) is 0 Å². The topological polar surface area (TPSA) is 181 Å². The molecule has 1 aliphatic carbocycles. The Balaban J connectivity index is 0. The van der Waals surface area contributed by atoms with Gasteiger partial charge in [-0.1, -0.05) is 27.7 Å². The van der Waals surface area contributed by atoms with Crippen LogP contribution in [0, 0.1) is 4.91 Å². The lowest BCUT2D eigenvalue weighted by molar-refractivity contribution is -0.136. The van der Waals surface area contributed by atoms with Crippen molar-refractivity contribution in [1.82, 2.24) is 15.5 Å². The molecule has 2 heterocycles. The Labute approximate surface area is 252 Å². The van der Waals surface area contributed by atoms with Crippen LogP contribution in [0.2, 0.25) is 0 Å². The van der Waals surface area contributed by atoms with Crippen LogP contribution in [0.15, 0.2) is 23.4 Å². The van der Waals surface area contributed by atoms with Gasteiger partial charge in [0.15, 0.2) is 0 Å². The molecule has 2 aliphatic heterocycles. The van der Waals surface area contributed by atoms with Crippen LogP contribution in [0.5, 0.6) is 0 Å². The normalized spacial score (nSPS) is 16.7. The molecule has 0 aromatic heterocycles. The smallest absolute Gasteiger partial charge is 0.407 e. The summed E-state index contributed by atoms with van der Waals surface area (Å²) in [4.78, 5) is 70.0. The number of alkyl carbamates (subject to hydrolysis) is 1. The fourth-order valence-corrected chi connectivity index (χ4v) is 3.54. The lowest BCUT2D eigenvalue weighted by atomic mass is 9.93. The standard InChI is InChI=1S/C13H9N3O5.C9H17NO2.2C2H6.CH3ClO.CH4O/c17-10-4-3-9(11(18)14-10)16-12(19)7-2-1-6(15-21)5-8(7)13(16)20;1-9(2,3)12-8(11)10-7-5-4-6-7;2*1-2;1-3-2;1-2/h1-2,5,9H,3-4H2,(H,14,17,18);7H,4-6H2,1-3H3,(H,10,11);2*1-2H3;1H3;2H,1H3. The van der Waals surface area contributed by atoms with Crippen LogP contribution in [-0.2, 0) is 18.6 Å². The summed E-state index contributed by atoms with van der Waals surface area (Å²) in [5.41, 5.74) is -0.188. The first-order chi connectivity index (χ1) is 19.9. The largest absolute Gasteiger partial charge is 0.444 e. The number of imide groups is 2. The highest BCUT2D eigenvalue weighted by atomic mass is 35.5. The summed E-state index contributed by atoms with van der Waals surface area (Å²) in [7, 11) is 2.39. The van der Waals surface area contributed by atoms with Crippen LogP contribution in [-0.4, -0.2) is 71.6 Å². The highest BCUT2D eigenvalue weighted by molar-refractivity contribution is 6.23. The number of aliphatic hydroxyl groups is 1. The van der Waals surface area contributed by atoms with E-state index in [1.165, 1.54) is 31.7 Å². The average Bonchev–Trinajstić information content (AvgIpc) is 3.18. The van der Waals surface area contributed by atoms with E-state index in [1.54, 1.807) is 0 Å². The van der Waals surface area contributed by atoms with Gasteiger partial charge in [-0.2, -0.15) is 0 Å². The van der Waals surface area contributed by atoms with Crippen molar-refractivity contribution in [2.45, 2.75) is 98.3 Å². The molecule has 1 aromatic carbocycles. The summed E-state index contributed by atoms with van der Waals surface area (Å²) in [6, 6.07) is 3.22. The molecule has 3 N–H and O–H groups in total. The summed E-state index contributed by atoms with van der Waals surface area (Å²) in [5, 5.41) is 14.6. The minimum absolute atomic E-state index is 0.0278. The maximum Gasteiger partial charge on any atom is 0.407 e. The molecular weight excluding hydrogens is 572 g/mol. The number of nitrogens with one attached hydrogen (secondary N) is 2. The van der Waals surface area contributed by atoms with Gasteiger partial charge in [0.1, 0.15) is 17.3 Å². The predicted molar refractivity (Wildman–Crippen MR) is 159 cm³/mol. The van der Waals surface area contributed by atoms with Crippen molar-refractivity contribution >= 4 is 47.3 Å². The average molecular weight is 617 g/mol. The number of ether oxygens (including phenoxy) is 1. The molecule has 1 saturated carbocycles. The molecule has 1 unspecified atom stereocenters. The van der Waals surface area contributed by atoms with Crippen molar-refractivity contribution < 1.29 is 38.1 Å². The lowest BCUT2D eigenvalue weighted by Gasteiger charge is -2.28. The number of nitrogens with zero attached hydrogens (tertiary/aromatic N) is 2. The predicted octanol–water partition coefficient (Wildman–Crippen LogP) is 5.00. The first-order valence-electron chi connectivity index (χ1n) is 13.7. The molecular formula is C28H45ClN4O9. The van der Waals surface area contributed by atoms with Gasteiger partial charge < -0.3 is 15.2 Å². The molecule has 1 atom stereocenters. The van der Waals surface area contributed by atoms with E-state index in [9.17, 15) is 28.9 Å². The molecule has 4 rings (SSSR count). The molecule has 42 heavy (non-hydrogen) atoms. The van der Waals surface area contributed by atoms with E-state index in [4.69, 9.17) is 9.84 Å². The van der Waals surface area contributed by atoms with Crippen LogP contribution in [0.4, 0.5) is 10.5 Å². The van der Waals surface area contributed by atoms with Crippen molar-refractivity contribution in [3.05, 3.63) is 34.2 Å². The van der Waals surface area contributed by atoms with E-state index in [-0.39, 0.29) is 41.4 Å². The number of hydrogen-bond acceptors (Lipinski definition) is 10. The van der Waals surface area contributed by atoms with Gasteiger partial charge in [0.05, 0.1) is 30.1 Å². The van der Waals surface area contributed by atoms with Gasteiger partial charge in [0.25, 0.3) is 11.8 Å². The zero-order valence-electron chi connectivity index (χ0n) is 25.9. The van der Waals surface area contributed by atoms with E-state index >= 15 is 0 Å². The molecule has 13 nitrogen and oxygen atoms in total. The Morgan fingerprint density at radius 2 is 1.55 bits per heavy atom. The number of amides is 5. The molecule has 1 aromatic rings. The van der Waals surface area contributed by atoms with Crippen LogP contribution < -0.4 is 10.6 Å². The summed E-state index contributed by atoms with van der Waals surface area (Å²) < 4.78 is 8.82.